The Labute approximate surface area is 473 Å². The molecule has 0 radical (unpaired) electrons. The number of rotatable bonds is 12. The highest BCUT2D eigenvalue weighted by atomic mass is 79.9. The van der Waals surface area contributed by atoms with Gasteiger partial charge < -0.3 is 19.6 Å². The van der Waals surface area contributed by atoms with Gasteiger partial charge in [0.15, 0.2) is 0 Å². The van der Waals surface area contributed by atoms with Gasteiger partial charge in [0.05, 0.1) is 22.7 Å². The van der Waals surface area contributed by atoms with Gasteiger partial charge in [0, 0.05) is 81.3 Å². The normalized spacial score (nSPS) is 10.8. The van der Waals surface area contributed by atoms with Crippen LogP contribution in [0.4, 0.5) is 68.2 Å². The summed E-state index contributed by atoms with van der Waals surface area (Å²) in [5.74, 6) is 0. The van der Waals surface area contributed by atoms with Crippen LogP contribution in [-0.2, 0) is 0 Å². The lowest BCUT2D eigenvalue weighted by Crippen LogP contribution is -2.25. The van der Waals surface area contributed by atoms with Gasteiger partial charge >= 0.3 is 0 Å². The Morgan fingerprint density at radius 2 is 0.357 bits per heavy atom. The van der Waals surface area contributed by atoms with Crippen molar-refractivity contribution >= 4 is 196 Å². The zero-order valence-electron chi connectivity index (χ0n) is 36.2. The summed E-state index contributed by atoms with van der Waals surface area (Å²) >= 11 is 29.6. The van der Waals surface area contributed by atoms with Gasteiger partial charge in [0.1, 0.15) is 23.3 Å². The van der Waals surface area contributed by atoms with Crippen LogP contribution in [0.2, 0.25) is 0 Å². The molecule has 70 heavy (non-hydrogen) atoms. The maximum Gasteiger partial charge on any atom is 0.104 e. The van der Waals surface area contributed by atoms with E-state index in [2.05, 4.69) is 154 Å². The number of hydrogen-bond acceptors (Lipinski definition) is 6. The molecule has 0 aliphatic carbocycles. The molecule has 0 aliphatic rings. The summed E-state index contributed by atoms with van der Waals surface area (Å²) in [6.07, 6.45) is 0. The molecular weight excluding hydrogens is 1400 g/mol. The van der Waals surface area contributed by atoms with Gasteiger partial charge in [-0.05, 0) is 194 Å². The highest BCUT2D eigenvalue weighted by molar-refractivity contribution is 9.11. The molecule has 342 valence electrons. The molecule has 9 aromatic carbocycles. The average Bonchev–Trinajstić information content (AvgIpc) is 3.37. The van der Waals surface area contributed by atoms with Crippen molar-refractivity contribution in [1.29, 1.82) is 10.5 Å². The van der Waals surface area contributed by atoms with Crippen molar-refractivity contribution in [3.63, 3.8) is 0 Å². The summed E-state index contributed by atoms with van der Waals surface area (Å²) < 4.78 is 7.05. The zero-order chi connectivity index (χ0) is 49.1. The molecule has 0 saturated heterocycles. The van der Waals surface area contributed by atoms with Crippen molar-refractivity contribution in [1.82, 2.24) is 0 Å². The van der Waals surface area contributed by atoms with E-state index in [-0.39, 0.29) is 11.1 Å². The molecule has 0 fully saturated rings. The summed E-state index contributed by atoms with van der Waals surface area (Å²) in [4.78, 5) is 8.40. The summed E-state index contributed by atoms with van der Waals surface area (Å²) in [5, 5.41) is 24.7. The third-order valence-corrected chi connectivity index (χ3v) is 15.4. The smallest absolute Gasteiger partial charge is 0.104 e. The average molecular weight is 1430 g/mol. The maximum absolute atomic E-state index is 12.3. The largest absolute Gasteiger partial charge is 0.308 e. The van der Waals surface area contributed by atoms with Crippen LogP contribution < -0.4 is 19.6 Å². The van der Waals surface area contributed by atoms with E-state index >= 15 is 0 Å². The predicted octanol–water partition coefficient (Wildman–Crippen LogP) is 21.4. The van der Waals surface area contributed by atoms with Crippen molar-refractivity contribution in [3.8, 4) is 12.1 Å². The minimum Gasteiger partial charge on any atom is -0.308 e. The van der Waals surface area contributed by atoms with Gasteiger partial charge in [0.2, 0.25) is 0 Å². The lowest BCUT2D eigenvalue weighted by molar-refractivity contribution is 1.16. The Hall–Kier alpha value is -5.00. The molecular formula is C56H32Br8N6. The first-order chi connectivity index (χ1) is 33.9. The van der Waals surface area contributed by atoms with Crippen LogP contribution in [0, 0.1) is 22.7 Å². The Kier molecular flexibility index (Phi) is 15.8. The predicted molar refractivity (Wildman–Crippen MR) is 316 cm³/mol. The second-order valence-electron chi connectivity index (χ2n) is 15.5. The molecule has 0 bridgehead atoms. The molecule has 0 spiro atoms. The monoisotopic (exact) mass is 1420 g/mol. The number of nitriles is 2. The standard InChI is InChI=1S/C56H32Br8N6/c57-35-1-17-43(18-2-35)67(44-19-3-36(58)4-20-44)53-51(33-65)54(68(45-21-5-37(59)6-22-45)46-23-7-38(60)8-24-46)56(70(49-29-13-41(63)14-30-49)50-31-15-42(64)16-32-50)55(52(53)34-66)69(47-25-9-39(61)10-26-47)48-27-11-40(62)12-28-48/h1-32H. The molecule has 0 heterocycles. The van der Waals surface area contributed by atoms with Crippen LogP contribution in [0.15, 0.2) is 230 Å². The molecule has 0 amide bonds. The van der Waals surface area contributed by atoms with E-state index in [0.29, 0.717) is 22.7 Å². The minimum absolute atomic E-state index is 0.234. The second kappa shape index (κ2) is 22.2. The number of hydrogen-bond donors (Lipinski definition) is 0. The van der Waals surface area contributed by atoms with E-state index in [1.165, 1.54) is 0 Å². The van der Waals surface area contributed by atoms with E-state index in [0.717, 1.165) is 81.3 Å². The summed E-state index contributed by atoms with van der Waals surface area (Å²) in [6.45, 7) is 0. The fourth-order valence-corrected chi connectivity index (χ4v) is 10.2. The van der Waals surface area contributed by atoms with E-state index in [4.69, 9.17) is 0 Å². The van der Waals surface area contributed by atoms with Crippen LogP contribution in [0.3, 0.4) is 0 Å². The molecule has 0 N–H and O–H groups in total. The SMILES string of the molecule is N#Cc1c(N(c2ccc(Br)cc2)c2ccc(Br)cc2)c(C#N)c(N(c2ccc(Br)cc2)c2ccc(Br)cc2)c(N(c2ccc(Br)cc2)c2ccc(Br)cc2)c1N(c1ccc(Br)cc1)c1ccc(Br)cc1. The fourth-order valence-electron chi connectivity index (χ4n) is 8.13. The number of anilines is 12. The molecule has 14 heteroatoms. The Morgan fingerprint density at radius 3 is 0.514 bits per heavy atom. The van der Waals surface area contributed by atoms with Gasteiger partial charge in [0.25, 0.3) is 0 Å². The first kappa shape index (κ1) is 50.0. The summed E-state index contributed by atoms with van der Waals surface area (Å²) in [5.41, 5.74) is 8.40. The Morgan fingerprint density at radius 1 is 0.214 bits per heavy atom. The molecule has 0 atom stereocenters. The zero-order valence-corrected chi connectivity index (χ0v) is 48.9. The third-order valence-electron chi connectivity index (χ3n) is 11.2. The first-order valence-corrected chi connectivity index (χ1v) is 27.6. The highest BCUT2D eigenvalue weighted by Gasteiger charge is 2.38. The molecule has 0 unspecified atom stereocenters. The topological polar surface area (TPSA) is 60.5 Å². The van der Waals surface area contributed by atoms with Gasteiger partial charge in [-0.25, -0.2) is 0 Å². The van der Waals surface area contributed by atoms with E-state index < -0.39 is 0 Å². The van der Waals surface area contributed by atoms with E-state index in [1.807, 2.05) is 199 Å². The quantitative estimate of drug-likeness (QED) is 0.121. The van der Waals surface area contributed by atoms with Crippen molar-refractivity contribution in [3.05, 3.63) is 241 Å². The number of halogens is 8. The van der Waals surface area contributed by atoms with Gasteiger partial charge in [-0.2, -0.15) is 10.5 Å². The van der Waals surface area contributed by atoms with Gasteiger partial charge in [-0.1, -0.05) is 127 Å². The van der Waals surface area contributed by atoms with Crippen LogP contribution in [0.1, 0.15) is 11.1 Å². The van der Waals surface area contributed by atoms with Crippen molar-refractivity contribution < 1.29 is 0 Å². The molecule has 0 aromatic heterocycles. The Bertz CT molecular complexity index is 3080. The van der Waals surface area contributed by atoms with E-state index in [9.17, 15) is 10.5 Å². The minimum atomic E-state index is 0.234. The van der Waals surface area contributed by atoms with E-state index in [1.54, 1.807) is 0 Å². The first-order valence-electron chi connectivity index (χ1n) is 21.2. The van der Waals surface area contributed by atoms with Crippen LogP contribution in [0.25, 0.3) is 0 Å². The van der Waals surface area contributed by atoms with Gasteiger partial charge in [-0.15, -0.1) is 0 Å². The molecule has 0 aliphatic heterocycles. The van der Waals surface area contributed by atoms with Crippen molar-refractivity contribution in [2.24, 2.45) is 0 Å². The van der Waals surface area contributed by atoms with Gasteiger partial charge in [-0.3, -0.25) is 0 Å². The lowest BCUT2D eigenvalue weighted by Gasteiger charge is -2.40. The highest BCUT2D eigenvalue weighted by Crippen LogP contribution is 2.60. The third kappa shape index (κ3) is 10.6. The maximum atomic E-state index is 12.3. The van der Waals surface area contributed by atoms with Crippen molar-refractivity contribution in [2.75, 3.05) is 19.6 Å². The second-order valence-corrected chi connectivity index (χ2v) is 22.8. The Balaban J connectivity index is 1.61. The summed E-state index contributed by atoms with van der Waals surface area (Å²) in [6, 6.07) is 69.6. The lowest BCUT2D eigenvalue weighted by atomic mass is 9.94. The van der Waals surface area contributed by atoms with Crippen LogP contribution >= 0.6 is 127 Å². The number of nitrogens with zero attached hydrogens (tertiary/aromatic N) is 6. The van der Waals surface area contributed by atoms with Crippen LogP contribution in [-0.4, -0.2) is 0 Å². The molecule has 9 rings (SSSR count). The summed E-state index contributed by atoms with van der Waals surface area (Å²) in [7, 11) is 0. The van der Waals surface area contributed by atoms with Crippen LogP contribution in [0.5, 0.6) is 0 Å². The molecule has 6 nitrogen and oxygen atoms in total. The molecule has 0 saturated carbocycles. The molecule has 9 aromatic rings. The number of benzene rings is 9. The fraction of sp³-hybridized carbons (Fsp3) is 0. The van der Waals surface area contributed by atoms with Crippen molar-refractivity contribution in [2.45, 2.75) is 0 Å².